The van der Waals surface area contributed by atoms with Gasteiger partial charge in [-0.05, 0) is 31.0 Å². The molecule has 0 spiro atoms. The van der Waals surface area contributed by atoms with Crippen molar-refractivity contribution in [2.45, 2.75) is 31.8 Å². The van der Waals surface area contributed by atoms with Crippen LogP contribution in [-0.4, -0.2) is 27.2 Å². The summed E-state index contributed by atoms with van der Waals surface area (Å²) in [5.74, 6) is 0.00840. The highest BCUT2D eigenvalue weighted by Crippen LogP contribution is 2.21. The van der Waals surface area contributed by atoms with E-state index in [9.17, 15) is 4.79 Å². The minimum absolute atomic E-state index is 0.00840. The fourth-order valence-electron chi connectivity index (χ4n) is 3.62. The first-order valence-electron chi connectivity index (χ1n) is 9.06. The van der Waals surface area contributed by atoms with Gasteiger partial charge in [-0.3, -0.25) is 14.5 Å². The van der Waals surface area contributed by atoms with Gasteiger partial charge in [0.05, 0.1) is 35.6 Å². The second-order valence-electron chi connectivity index (χ2n) is 6.79. The lowest BCUT2D eigenvalue weighted by molar-refractivity contribution is -0.121. The first-order valence-corrected chi connectivity index (χ1v) is 9.06. The van der Waals surface area contributed by atoms with Crippen molar-refractivity contribution in [3.05, 3.63) is 59.5 Å². The molecule has 26 heavy (non-hydrogen) atoms. The Morgan fingerprint density at radius 3 is 2.92 bits per heavy atom. The number of pyridine rings is 1. The van der Waals surface area contributed by atoms with Crippen molar-refractivity contribution >= 4 is 16.8 Å². The molecule has 2 N–H and O–H groups in total. The lowest BCUT2D eigenvalue weighted by Gasteiger charge is -2.20. The summed E-state index contributed by atoms with van der Waals surface area (Å²) in [5.41, 5.74) is 3.91. The van der Waals surface area contributed by atoms with Gasteiger partial charge in [0.2, 0.25) is 5.91 Å². The third kappa shape index (κ3) is 3.46. The highest BCUT2D eigenvalue weighted by Gasteiger charge is 2.18. The summed E-state index contributed by atoms with van der Waals surface area (Å²) in [7, 11) is 1.92. The molecule has 0 aliphatic carbocycles. The van der Waals surface area contributed by atoms with Crippen LogP contribution >= 0.6 is 0 Å². The number of hydrogen-bond acceptors (Lipinski definition) is 4. The monoisotopic (exact) mass is 349 g/mol. The number of hydrogen-bond donors (Lipinski definition) is 2. The van der Waals surface area contributed by atoms with Crippen molar-refractivity contribution in [2.75, 3.05) is 6.54 Å². The number of rotatable bonds is 1. The van der Waals surface area contributed by atoms with Gasteiger partial charge in [-0.25, -0.2) is 0 Å². The Bertz CT molecular complexity index is 919. The van der Waals surface area contributed by atoms with Crippen LogP contribution < -0.4 is 10.6 Å². The second kappa shape index (κ2) is 7.25. The molecule has 0 fully saturated rings. The molecule has 1 amide bonds. The number of fused-ring (bicyclic) bond motifs is 4. The second-order valence-corrected chi connectivity index (χ2v) is 6.79. The molecule has 2 aromatic heterocycles. The van der Waals surface area contributed by atoms with Crippen LogP contribution in [0.15, 0.2) is 42.6 Å². The minimum atomic E-state index is 0.00840. The van der Waals surface area contributed by atoms with Crippen molar-refractivity contribution in [1.29, 1.82) is 0 Å². The lowest BCUT2D eigenvalue weighted by atomic mass is 10.0. The van der Waals surface area contributed by atoms with Crippen molar-refractivity contribution in [1.82, 2.24) is 25.4 Å². The van der Waals surface area contributed by atoms with E-state index >= 15 is 0 Å². The maximum Gasteiger partial charge on any atom is 0.226 e. The maximum absolute atomic E-state index is 12.6. The Hall–Kier alpha value is -2.73. The number of aryl methyl sites for hydroxylation is 1. The molecule has 1 atom stereocenters. The van der Waals surface area contributed by atoms with E-state index in [0.29, 0.717) is 6.54 Å². The van der Waals surface area contributed by atoms with E-state index < -0.39 is 0 Å². The molecule has 134 valence electrons. The van der Waals surface area contributed by atoms with Gasteiger partial charge in [-0.1, -0.05) is 30.3 Å². The fraction of sp³-hybridized carbons (Fsp3) is 0.350. The van der Waals surface area contributed by atoms with Crippen LogP contribution in [0, 0.1) is 0 Å². The van der Waals surface area contributed by atoms with Crippen molar-refractivity contribution in [3.63, 3.8) is 0 Å². The van der Waals surface area contributed by atoms with Crippen LogP contribution in [0.3, 0.4) is 0 Å². The molecular weight excluding hydrogens is 326 g/mol. The zero-order valence-electron chi connectivity index (χ0n) is 14.9. The van der Waals surface area contributed by atoms with E-state index in [1.165, 1.54) is 0 Å². The first-order chi connectivity index (χ1) is 12.7. The Kier molecular flexibility index (Phi) is 4.67. The SMILES string of the molecule is Cn1ncc2cc3nc(c21)CNCCCC(c1ccccc1)NC(=O)C3. The molecule has 0 saturated carbocycles. The van der Waals surface area contributed by atoms with Crippen molar-refractivity contribution in [3.8, 4) is 0 Å². The molecular formula is C20H23N5O. The molecule has 6 nitrogen and oxygen atoms in total. The predicted molar refractivity (Wildman–Crippen MR) is 100 cm³/mol. The number of benzene rings is 1. The third-order valence-electron chi connectivity index (χ3n) is 4.86. The number of carbonyl (C=O) groups is 1. The van der Waals surface area contributed by atoms with Crippen molar-refractivity contribution in [2.24, 2.45) is 7.05 Å². The molecule has 3 aromatic rings. The van der Waals surface area contributed by atoms with Gasteiger partial charge in [0, 0.05) is 19.0 Å². The van der Waals surface area contributed by atoms with E-state index in [-0.39, 0.29) is 18.4 Å². The Balaban J connectivity index is 1.64. The van der Waals surface area contributed by atoms with Gasteiger partial charge >= 0.3 is 0 Å². The average molecular weight is 349 g/mol. The average Bonchev–Trinajstić information content (AvgIpc) is 3.01. The third-order valence-corrected chi connectivity index (χ3v) is 4.86. The Labute approximate surface area is 152 Å². The maximum atomic E-state index is 12.6. The largest absolute Gasteiger partial charge is 0.349 e. The molecule has 0 saturated heterocycles. The Morgan fingerprint density at radius 1 is 1.23 bits per heavy atom. The molecule has 1 unspecified atom stereocenters. The predicted octanol–water partition coefficient (Wildman–Crippen LogP) is 2.25. The van der Waals surface area contributed by atoms with Gasteiger partial charge < -0.3 is 10.6 Å². The smallest absolute Gasteiger partial charge is 0.226 e. The van der Waals surface area contributed by atoms with E-state index in [2.05, 4.69) is 27.9 Å². The summed E-state index contributed by atoms with van der Waals surface area (Å²) in [6, 6.07) is 12.2. The summed E-state index contributed by atoms with van der Waals surface area (Å²) in [6.07, 6.45) is 4.00. The number of nitrogens with one attached hydrogen (secondary N) is 2. The van der Waals surface area contributed by atoms with Crippen LogP contribution in [0.25, 0.3) is 10.9 Å². The summed E-state index contributed by atoms with van der Waals surface area (Å²) in [4.78, 5) is 17.4. The molecule has 1 aliphatic rings. The van der Waals surface area contributed by atoms with Crippen LogP contribution in [0.1, 0.15) is 35.8 Å². The normalized spacial score (nSPS) is 18.8. The summed E-state index contributed by atoms with van der Waals surface area (Å²) in [6.45, 7) is 1.56. The molecule has 1 aliphatic heterocycles. The molecule has 1 aromatic carbocycles. The quantitative estimate of drug-likeness (QED) is 0.707. The number of carbonyl (C=O) groups excluding carboxylic acids is 1. The summed E-state index contributed by atoms with van der Waals surface area (Å²) in [5, 5.41) is 12.0. The van der Waals surface area contributed by atoms with E-state index in [0.717, 1.165) is 47.2 Å². The topological polar surface area (TPSA) is 71.8 Å². The van der Waals surface area contributed by atoms with Crippen molar-refractivity contribution < 1.29 is 4.79 Å². The summed E-state index contributed by atoms with van der Waals surface area (Å²) >= 11 is 0. The number of aromatic nitrogens is 3. The van der Waals surface area contributed by atoms with Crippen LogP contribution in [0.4, 0.5) is 0 Å². The highest BCUT2D eigenvalue weighted by atomic mass is 16.1. The van der Waals surface area contributed by atoms with Gasteiger partial charge in [0.1, 0.15) is 0 Å². The van der Waals surface area contributed by atoms with Gasteiger partial charge in [-0.2, -0.15) is 5.10 Å². The number of amides is 1. The Morgan fingerprint density at radius 2 is 2.08 bits per heavy atom. The van der Waals surface area contributed by atoms with E-state index in [1.54, 1.807) is 0 Å². The van der Waals surface area contributed by atoms with Gasteiger partial charge in [0.25, 0.3) is 0 Å². The van der Waals surface area contributed by atoms with Crippen LogP contribution in [0.2, 0.25) is 0 Å². The van der Waals surface area contributed by atoms with Gasteiger partial charge in [0.15, 0.2) is 0 Å². The van der Waals surface area contributed by atoms with Crippen LogP contribution in [-0.2, 0) is 24.8 Å². The minimum Gasteiger partial charge on any atom is -0.349 e. The number of nitrogens with zero attached hydrogens (tertiary/aromatic N) is 3. The standard InChI is InChI=1S/C20H23N5O/c1-25-20-15(12-22-25)10-16-11-19(26)24-17(14-6-3-2-4-7-14)8-5-9-21-13-18(20)23-16/h2-4,6-7,10,12,17,21H,5,8-9,11,13H2,1H3,(H,24,26). The molecule has 6 heteroatoms. The zero-order chi connectivity index (χ0) is 17.9. The van der Waals surface area contributed by atoms with E-state index in [4.69, 9.17) is 4.98 Å². The van der Waals surface area contributed by atoms with Crippen LogP contribution in [0.5, 0.6) is 0 Å². The van der Waals surface area contributed by atoms with Gasteiger partial charge in [-0.15, -0.1) is 0 Å². The fourth-order valence-corrected chi connectivity index (χ4v) is 3.62. The molecule has 4 rings (SSSR count). The van der Waals surface area contributed by atoms with E-state index in [1.807, 2.05) is 42.2 Å². The highest BCUT2D eigenvalue weighted by molar-refractivity contribution is 5.84. The lowest BCUT2D eigenvalue weighted by Crippen LogP contribution is -2.31. The zero-order valence-corrected chi connectivity index (χ0v) is 14.9. The summed E-state index contributed by atoms with van der Waals surface area (Å²) < 4.78 is 1.85. The first kappa shape index (κ1) is 16.7. The molecule has 0 radical (unpaired) electrons. The molecule has 3 heterocycles. The molecule has 2 bridgehead atoms.